The van der Waals surface area contributed by atoms with Gasteiger partial charge in [-0.15, -0.1) is 0 Å². The second-order valence-electron chi connectivity index (χ2n) is 5.00. The third-order valence-corrected chi connectivity index (χ3v) is 3.57. The average molecular weight is 238 g/mol. The van der Waals surface area contributed by atoms with E-state index in [1.165, 1.54) is 36.0 Å². The summed E-state index contributed by atoms with van der Waals surface area (Å²) in [6, 6.07) is 19.5. The van der Waals surface area contributed by atoms with Gasteiger partial charge in [0.2, 0.25) is 0 Å². The Hall–Kier alpha value is -1.56. The third kappa shape index (κ3) is 3.01. The molecule has 0 aliphatic heterocycles. The minimum Gasteiger partial charge on any atom is -0.0654 e. The minimum absolute atomic E-state index is 0.640. The number of unbranched alkanes of at least 4 members (excludes halogenated alkanes) is 1. The zero-order valence-electron chi connectivity index (χ0n) is 11.4. The molecule has 0 heteroatoms. The van der Waals surface area contributed by atoms with Gasteiger partial charge in [0, 0.05) is 0 Å². The van der Waals surface area contributed by atoms with Crippen LogP contribution in [0.15, 0.2) is 54.6 Å². The molecular formula is C18H22. The monoisotopic (exact) mass is 238 g/mol. The summed E-state index contributed by atoms with van der Waals surface area (Å²) in [6.07, 6.45) is 3.86. The first-order valence-electron chi connectivity index (χ1n) is 6.97. The van der Waals surface area contributed by atoms with Gasteiger partial charge < -0.3 is 0 Å². The van der Waals surface area contributed by atoms with Gasteiger partial charge in [0.25, 0.3) is 0 Å². The highest BCUT2D eigenvalue weighted by Gasteiger charge is 2.10. The molecule has 2 aromatic rings. The highest BCUT2D eigenvalue weighted by atomic mass is 14.1. The molecule has 0 heterocycles. The maximum absolute atomic E-state index is 2.34. The zero-order chi connectivity index (χ0) is 12.8. The fourth-order valence-corrected chi connectivity index (χ4v) is 2.47. The Bertz CT molecular complexity index is 470. The average Bonchev–Trinajstić information content (AvgIpc) is 2.45. The Morgan fingerprint density at radius 1 is 0.889 bits per heavy atom. The highest BCUT2D eigenvalue weighted by molar-refractivity contribution is 5.67. The smallest absolute Gasteiger partial charge is 0.0149 e. The van der Waals surface area contributed by atoms with Crippen molar-refractivity contribution >= 4 is 0 Å². The Morgan fingerprint density at radius 2 is 1.56 bits per heavy atom. The predicted octanol–water partition coefficient (Wildman–Crippen LogP) is 5.65. The maximum atomic E-state index is 2.34. The van der Waals surface area contributed by atoms with Crippen molar-refractivity contribution in [1.29, 1.82) is 0 Å². The molecule has 1 atom stereocenters. The summed E-state index contributed by atoms with van der Waals surface area (Å²) in [5.41, 5.74) is 4.20. The Labute approximate surface area is 111 Å². The van der Waals surface area contributed by atoms with Crippen LogP contribution in [0.5, 0.6) is 0 Å². The molecule has 2 rings (SSSR count). The van der Waals surface area contributed by atoms with Crippen molar-refractivity contribution in [3.63, 3.8) is 0 Å². The van der Waals surface area contributed by atoms with E-state index < -0.39 is 0 Å². The molecule has 0 aliphatic rings. The third-order valence-electron chi connectivity index (χ3n) is 3.57. The fraction of sp³-hybridized carbons (Fsp3) is 0.333. The molecule has 0 amide bonds. The van der Waals surface area contributed by atoms with Gasteiger partial charge in [0.1, 0.15) is 0 Å². The molecule has 0 aliphatic carbocycles. The molecule has 0 fully saturated rings. The summed E-state index contributed by atoms with van der Waals surface area (Å²) >= 11 is 0. The first kappa shape index (κ1) is 12.9. The van der Waals surface area contributed by atoms with Crippen LogP contribution in [0.25, 0.3) is 11.1 Å². The molecule has 0 aromatic heterocycles. The van der Waals surface area contributed by atoms with Crippen molar-refractivity contribution in [3.8, 4) is 11.1 Å². The lowest BCUT2D eigenvalue weighted by atomic mass is 9.89. The summed E-state index contributed by atoms with van der Waals surface area (Å²) in [7, 11) is 0. The Balaban J connectivity index is 2.31. The molecule has 1 unspecified atom stereocenters. The van der Waals surface area contributed by atoms with Gasteiger partial charge in [-0.3, -0.25) is 0 Å². The van der Waals surface area contributed by atoms with E-state index in [0.717, 1.165) is 0 Å². The van der Waals surface area contributed by atoms with Crippen LogP contribution < -0.4 is 0 Å². The van der Waals surface area contributed by atoms with E-state index in [4.69, 9.17) is 0 Å². The first-order valence-corrected chi connectivity index (χ1v) is 6.97. The van der Waals surface area contributed by atoms with Crippen molar-refractivity contribution in [2.45, 2.75) is 39.0 Å². The van der Waals surface area contributed by atoms with Gasteiger partial charge in [0.15, 0.2) is 0 Å². The fourth-order valence-electron chi connectivity index (χ4n) is 2.47. The standard InChI is InChI=1S/C18H22/c1-3-4-10-15(2)17-13-8-9-14-18(17)16-11-6-5-7-12-16/h5-9,11-15H,3-4,10H2,1-2H3. The van der Waals surface area contributed by atoms with Crippen LogP contribution in [0, 0.1) is 0 Å². The van der Waals surface area contributed by atoms with E-state index in [1.54, 1.807) is 0 Å². The topological polar surface area (TPSA) is 0 Å². The number of hydrogen-bond donors (Lipinski definition) is 0. The summed E-state index contributed by atoms with van der Waals surface area (Å²) in [5, 5.41) is 0. The lowest BCUT2D eigenvalue weighted by Crippen LogP contribution is -1.96. The minimum atomic E-state index is 0.640. The van der Waals surface area contributed by atoms with Crippen molar-refractivity contribution < 1.29 is 0 Å². The second kappa shape index (κ2) is 6.39. The van der Waals surface area contributed by atoms with E-state index in [2.05, 4.69) is 68.4 Å². The lowest BCUT2D eigenvalue weighted by molar-refractivity contribution is 0.625. The maximum Gasteiger partial charge on any atom is -0.0149 e. The Morgan fingerprint density at radius 3 is 2.28 bits per heavy atom. The van der Waals surface area contributed by atoms with E-state index in [-0.39, 0.29) is 0 Å². The Kier molecular flexibility index (Phi) is 4.58. The van der Waals surface area contributed by atoms with Crippen molar-refractivity contribution in [1.82, 2.24) is 0 Å². The largest absolute Gasteiger partial charge is 0.0654 e. The van der Waals surface area contributed by atoms with E-state index >= 15 is 0 Å². The molecule has 0 N–H and O–H groups in total. The molecule has 18 heavy (non-hydrogen) atoms. The molecule has 0 spiro atoms. The number of benzene rings is 2. The van der Waals surface area contributed by atoms with E-state index in [1.807, 2.05) is 0 Å². The molecule has 2 aromatic carbocycles. The van der Waals surface area contributed by atoms with Gasteiger partial charge >= 0.3 is 0 Å². The van der Waals surface area contributed by atoms with Gasteiger partial charge in [-0.1, -0.05) is 81.3 Å². The molecule has 0 bridgehead atoms. The number of hydrogen-bond acceptors (Lipinski definition) is 0. The van der Waals surface area contributed by atoms with Crippen LogP contribution in [0.1, 0.15) is 44.6 Å². The predicted molar refractivity (Wildman–Crippen MR) is 79.8 cm³/mol. The van der Waals surface area contributed by atoms with E-state index in [0.29, 0.717) is 5.92 Å². The SMILES string of the molecule is CCCCC(C)c1ccccc1-c1ccccc1. The van der Waals surface area contributed by atoms with Crippen LogP contribution in [-0.2, 0) is 0 Å². The highest BCUT2D eigenvalue weighted by Crippen LogP contribution is 2.31. The molecule has 0 nitrogen and oxygen atoms in total. The molecular weight excluding hydrogens is 216 g/mol. The van der Waals surface area contributed by atoms with Crippen molar-refractivity contribution in [2.24, 2.45) is 0 Å². The molecule has 0 radical (unpaired) electrons. The lowest BCUT2D eigenvalue weighted by Gasteiger charge is -2.16. The summed E-state index contributed by atoms with van der Waals surface area (Å²) in [6.45, 7) is 4.60. The first-order chi connectivity index (χ1) is 8.83. The van der Waals surface area contributed by atoms with Crippen LogP contribution in [0.3, 0.4) is 0 Å². The summed E-state index contributed by atoms with van der Waals surface area (Å²) < 4.78 is 0. The van der Waals surface area contributed by atoms with Crippen LogP contribution in [0.2, 0.25) is 0 Å². The quantitative estimate of drug-likeness (QED) is 0.631. The van der Waals surface area contributed by atoms with E-state index in [9.17, 15) is 0 Å². The summed E-state index contributed by atoms with van der Waals surface area (Å²) in [4.78, 5) is 0. The van der Waals surface area contributed by atoms with Gasteiger partial charge in [-0.2, -0.15) is 0 Å². The molecule has 94 valence electrons. The van der Waals surface area contributed by atoms with Crippen LogP contribution in [0.4, 0.5) is 0 Å². The van der Waals surface area contributed by atoms with Gasteiger partial charge in [-0.25, -0.2) is 0 Å². The van der Waals surface area contributed by atoms with Crippen molar-refractivity contribution in [3.05, 3.63) is 60.2 Å². The second-order valence-corrected chi connectivity index (χ2v) is 5.00. The zero-order valence-corrected chi connectivity index (χ0v) is 11.4. The van der Waals surface area contributed by atoms with Gasteiger partial charge in [-0.05, 0) is 29.0 Å². The normalized spacial score (nSPS) is 12.3. The molecule has 0 saturated heterocycles. The number of rotatable bonds is 5. The molecule has 0 saturated carbocycles. The summed E-state index contributed by atoms with van der Waals surface area (Å²) in [5.74, 6) is 0.640. The van der Waals surface area contributed by atoms with Crippen LogP contribution in [-0.4, -0.2) is 0 Å². The van der Waals surface area contributed by atoms with Crippen LogP contribution >= 0.6 is 0 Å². The van der Waals surface area contributed by atoms with Crippen molar-refractivity contribution in [2.75, 3.05) is 0 Å². The van der Waals surface area contributed by atoms with Gasteiger partial charge in [0.05, 0.1) is 0 Å².